The Morgan fingerprint density at radius 3 is 2.71 bits per heavy atom. The van der Waals surface area contributed by atoms with E-state index in [1.165, 1.54) is 12.5 Å². The maximum atomic E-state index is 13.5. The lowest BCUT2D eigenvalue weighted by Crippen LogP contribution is -2.49. The van der Waals surface area contributed by atoms with Crippen LogP contribution in [-0.2, 0) is 4.79 Å². The highest BCUT2D eigenvalue weighted by molar-refractivity contribution is 5.79. The third-order valence-electron chi connectivity index (χ3n) is 6.37. The van der Waals surface area contributed by atoms with Gasteiger partial charge in [0.05, 0.1) is 0 Å². The Morgan fingerprint density at radius 2 is 2.04 bits per heavy atom. The minimum atomic E-state index is -0.384. The Kier molecular flexibility index (Phi) is 5.19. The highest BCUT2D eigenvalue weighted by Crippen LogP contribution is 2.42. The van der Waals surface area contributed by atoms with E-state index in [4.69, 9.17) is 10.3 Å². The van der Waals surface area contributed by atoms with Gasteiger partial charge in [0.2, 0.25) is 17.6 Å². The first-order valence-electron chi connectivity index (χ1n) is 10.1. The summed E-state index contributed by atoms with van der Waals surface area (Å²) in [4.78, 5) is 17.2. The number of hydrogen-bond donors (Lipinski definition) is 2. The highest BCUT2D eigenvalue weighted by atomic mass is 19.1. The summed E-state index contributed by atoms with van der Waals surface area (Å²) in [7, 11) is 0. The quantitative estimate of drug-likeness (QED) is 0.838. The zero-order valence-electron chi connectivity index (χ0n) is 16.3. The van der Waals surface area contributed by atoms with Crippen molar-refractivity contribution in [3.8, 4) is 11.4 Å². The molecule has 3 N–H and O–H groups in total. The number of nitrogens with one attached hydrogen (secondary N) is 1. The molecule has 0 aliphatic heterocycles. The third-order valence-corrected chi connectivity index (χ3v) is 6.37. The van der Waals surface area contributed by atoms with Crippen LogP contribution in [0.15, 0.2) is 22.7 Å². The lowest BCUT2D eigenvalue weighted by Gasteiger charge is -2.43. The fourth-order valence-corrected chi connectivity index (χ4v) is 4.71. The Hall–Kier alpha value is -2.28. The molecule has 150 valence electrons. The maximum Gasteiger partial charge on any atom is 0.249 e. The first-order valence-corrected chi connectivity index (χ1v) is 10.1. The first-order chi connectivity index (χ1) is 13.4. The molecule has 2 fully saturated rings. The third kappa shape index (κ3) is 3.68. The molecule has 1 heterocycles. The predicted molar refractivity (Wildman–Crippen MR) is 103 cm³/mol. The van der Waals surface area contributed by atoms with Crippen molar-refractivity contribution in [2.75, 3.05) is 0 Å². The number of fused-ring (bicyclic) bond motifs is 2. The van der Waals surface area contributed by atoms with Crippen molar-refractivity contribution in [2.45, 2.75) is 58.0 Å². The molecule has 2 aliphatic rings. The Bertz CT molecular complexity index is 854. The summed E-state index contributed by atoms with van der Waals surface area (Å²) in [5.41, 5.74) is 7.53. The normalized spacial score (nSPS) is 28.0. The lowest BCUT2D eigenvalue weighted by molar-refractivity contribution is -0.128. The Morgan fingerprint density at radius 1 is 1.32 bits per heavy atom. The zero-order valence-corrected chi connectivity index (χ0v) is 16.3. The van der Waals surface area contributed by atoms with Crippen LogP contribution in [0.2, 0.25) is 0 Å². The SMILES string of the molecule is Cc1cc(-c2noc(C(C)NC(=O)C3CC4CCCC(C3)C4N)n2)ccc1F. The van der Waals surface area contributed by atoms with Gasteiger partial charge < -0.3 is 15.6 Å². The number of rotatable bonds is 4. The smallest absolute Gasteiger partial charge is 0.249 e. The minimum Gasteiger partial charge on any atom is -0.344 e. The van der Waals surface area contributed by atoms with E-state index in [9.17, 15) is 9.18 Å². The number of nitrogens with two attached hydrogens (primary N) is 1. The summed E-state index contributed by atoms with van der Waals surface area (Å²) < 4.78 is 18.8. The van der Waals surface area contributed by atoms with Crippen molar-refractivity contribution in [3.63, 3.8) is 0 Å². The van der Waals surface area contributed by atoms with Gasteiger partial charge in [-0.05, 0) is 75.1 Å². The van der Waals surface area contributed by atoms with Crippen LogP contribution in [0.5, 0.6) is 0 Å². The van der Waals surface area contributed by atoms with Gasteiger partial charge in [0.15, 0.2) is 0 Å². The van der Waals surface area contributed by atoms with E-state index in [-0.39, 0.29) is 29.7 Å². The molecule has 6 nitrogen and oxygen atoms in total. The van der Waals surface area contributed by atoms with Crippen LogP contribution < -0.4 is 11.1 Å². The molecule has 0 spiro atoms. The number of halogens is 1. The average molecular weight is 386 g/mol. The molecule has 2 saturated carbocycles. The number of hydrogen-bond acceptors (Lipinski definition) is 5. The van der Waals surface area contributed by atoms with Crippen molar-refractivity contribution in [2.24, 2.45) is 23.5 Å². The van der Waals surface area contributed by atoms with Crippen LogP contribution in [-0.4, -0.2) is 22.1 Å². The molecular formula is C21H27FN4O2. The van der Waals surface area contributed by atoms with Gasteiger partial charge in [-0.25, -0.2) is 4.39 Å². The van der Waals surface area contributed by atoms with E-state index >= 15 is 0 Å². The van der Waals surface area contributed by atoms with E-state index < -0.39 is 0 Å². The maximum absolute atomic E-state index is 13.5. The lowest BCUT2D eigenvalue weighted by atomic mass is 9.65. The standard InChI is InChI=1S/C21H27FN4O2/c1-11-8-15(6-7-17(11)22)19-25-21(28-26-19)12(2)24-20(27)16-9-13-4-3-5-14(10-16)18(13)23/h6-8,12-14,16,18H,3-5,9-10,23H2,1-2H3,(H,24,27). The largest absolute Gasteiger partial charge is 0.344 e. The second kappa shape index (κ2) is 7.62. The predicted octanol–water partition coefficient (Wildman–Crippen LogP) is 3.51. The summed E-state index contributed by atoms with van der Waals surface area (Å²) >= 11 is 0. The van der Waals surface area contributed by atoms with E-state index in [0.717, 1.165) is 25.7 Å². The van der Waals surface area contributed by atoms with E-state index in [2.05, 4.69) is 15.5 Å². The second-order valence-corrected chi connectivity index (χ2v) is 8.35. The van der Waals surface area contributed by atoms with Crippen molar-refractivity contribution >= 4 is 5.91 Å². The molecule has 2 aliphatic carbocycles. The van der Waals surface area contributed by atoms with Gasteiger partial charge in [0.1, 0.15) is 11.9 Å². The van der Waals surface area contributed by atoms with Crippen molar-refractivity contribution in [1.82, 2.24) is 15.5 Å². The average Bonchev–Trinajstić information content (AvgIpc) is 3.14. The van der Waals surface area contributed by atoms with Gasteiger partial charge in [-0.15, -0.1) is 0 Å². The van der Waals surface area contributed by atoms with Gasteiger partial charge in [-0.1, -0.05) is 11.6 Å². The van der Waals surface area contributed by atoms with Crippen molar-refractivity contribution in [3.05, 3.63) is 35.5 Å². The van der Waals surface area contributed by atoms with Crippen LogP contribution in [0.25, 0.3) is 11.4 Å². The summed E-state index contributed by atoms with van der Waals surface area (Å²) in [5.74, 6) is 1.40. The van der Waals surface area contributed by atoms with Gasteiger partial charge in [0.25, 0.3) is 0 Å². The fourth-order valence-electron chi connectivity index (χ4n) is 4.71. The Labute approximate surface area is 164 Å². The summed E-state index contributed by atoms with van der Waals surface area (Å²) in [6, 6.07) is 4.54. The van der Waals surface area contributed by atoms with E-state index in [0.29, 0.717) is 34.7 Å². The molecule has 7 heteroatoms. The minimum absolute atomic E-state index is 0.000287. The van der Waals surface area contributed by atoms with Gasteiger partial charge in [-0.3, -0.25) is 4.79 Å². The molecule has 2 bridgehead atoms. The zero-order chi connectivity index (χ0) is 19.8. The van der Waals surface area contributed by atoms with E-state index in [1.807, 2.05) is 6.92 Å². The molecule has 4 rings (SSSR count). The molecule has 1 aromatic carbocycles. The van der Waals surface area contributed by atoms with Gasteiger partial charge >= 0.3 is 0 Å². The Balaban J connectivity index is 1.41. The fraction of sp³-hybridized carbons (Fsp3) is 0.571. The topological polar surface area (TPSA) is 94.0 Å². The van der Waals surface area contributed by atoms with Crippen molar-refractivity contribution < 1.29 is 13.7 Å². The second-order valence-electron chi connectivity index (χ2n) is 8.35. The molecule has 0 radical (unpaired) electrons. The molecular weight excluding hydrogens is 359 g/mol. The van der Waals surface area contributed by atoms with Crippen LogP contribution in [0.3, 0.4) is 0 Å². The molecule has 2 aromatic rings. The van der Waals surface area contributed by atoms with E-state index in [1.54, 1.807) is 19.1 Å². The monoisotopic (exact) mass is 386 g/mol. The molecule has 3 unspecified atom stereocenters. The number of carbonyl (C=O) groups excluding carboxylic acids is 1. The van der Waals surface area contributed by atoms with Crippen LogP contribution in [0.1, 0.15) is 56.5 Å². The number of aromatic nitrogens is 2. The molecule has 0 saturated heterocycles. The number of benzene rings is 1. The molecule has 28 heavy (non-hydrogen) atoms. The van der Waals surface area contributed by atoms with Gasteiger partial charge in [-0.2, -0.15) is 4.98 Å². The summed E-state index contributed by atoms with van der Waals surface area (Å²) in [5, 5.41) is 7.00. The van der Waals surface area contributed by atoms with Crippen LogP contribution >= 0.6 is 0 Å². The van der Waals surface area contributed by atoms with Crippen molar-refractivity contribution in [1.29, 1.82) is 0 Å². The summed E-state index contributed by atoms with van der Waals surface area (Å²) in [6.07, 6.45) is 5.20. The van der Waals surface area contributed by atoms with Crippen LogP contribution in [0, 0.1) is 30.5 Å². The van der Waals surface area contributed by atoms with Crippen LogP contribution in [0.4, 0.5) is 4.39 Å². The molecule has 1 amide bonds. The molecule has 1 aromatic heterocycles. The molecule has 3 atom stereocenters. The first kappa shape index (κ1) is 19.1. The summed E-state index contributed by atoms with van der Waals surface area (Å²) in [6.45, 7) is 3.52. The number of aryl methyl sites for hydroxylation is 1. The van der Waals surface area contributed by atoms with Gasteiger partial charge in [0, 0.05) is 17.5 Å². The highest BCUT2D eigenvalue weighted by Gasteiger charge is 2.40. The number of carbonyl (C=O) groups is 1. The number of nitrogens with zero attached hydrogens (tertiary/aromatic N) is 2. The number of amides is 1.